The van der Waals surface area contributed by atoms with E-state index in [2.05, 4.69) is 21.7 Å². The summed E-state index contributed by atoms with van der Waals surface area (Å²) in [5.41, 5.74) is 2.24. The second kappa shape index (κ2) is 9.32. The van der Waals surface area contributed by atoms with Gasteiger partial charge in [0.1, 0.15) is 11.4 Å². The second-order valence-electron chi connectivity index (χ2n) is 6.33. The van der Waals surface area contributed by atoms with Gasteiger partial charge in [-0.05, 0) is 56.4 Å². The molecule has 0 bridgehead atoms. The van der Waals surface area contributed by atoms with E-state index in [1.54, 1.807) is 36.8 Å². The Morgan fingerprint density at radius 3 is 2.70 bits per heavy atom. The second-order valence-corrected chi connectivity index (χ2v) is 7.19. The zero-order valence-electron chi connectivity index (χ0n) is 15.3. The molecular weight excluding hydrogens is 362 g/mol. The molecule has 0 unspecified atom stereocenters. The summed E-state index contributed by atoms with van der Waals surface area (Å²) in [5.74, 6) is 0.194. The highest BCUT2D eigenvalue weighted by molar-refractivity contribution is 7.14. The van der Waals surface area contributed by atoms with E-state index in [0.29, 0.717) is 28.7 Å². The Kier molecular flexibility index (Phi) is 6.59. The number of hydrogen-bond donors (Lipinski definition) is 2. The molecule has 2 aromatic rings. The smallest absolute Gasteiger partial charge is 0.270 e. The highest BCUT2D eigenvalue weighted by Crippen LogP contribution is 2.20. The Balaban J connectivity index is 1.50. The SMILES string of the molecule is COc1ccc(C(=O)Nc2nc(C(=O)NCCC3=CCCCC3)cs2)cc1. The number of carbonyl (C=O) groups is 2. The molecule has 1 heterocycles. The minimum atomic E-state index is -0.275. The standard InChI is InChI=1S/C20H23N3O3S/c1-26-16-9-7-15(8-10-16)18(24)23-20-22-17(13-27-20)19(25)21-12-11-14-5-3-2-4-6-14/h5,7-10,13H,2-4,6,11-12H2,1H3,(H,21,25)(H,22,23,24). The van der Waals surface area contributed by atoms with Crippen molar-refractivity contribution in [1.29, 1.82) is 0 Å². The number of nitrogens with one attached hydrogen (secondary N) is 2. The van der Waals surface area contributed by atoms with Crippen molar-refractivity contribution in [2.75, 3.05) is 19.0 Å². The largest absolute Gasteiger partial charge is 0.497 e. The van der Waals surface area contributed by atoms with Gasteiger partial charge in [0.05, 0.1) is 7.11 Å². The third-order valence-corrected chi connectivity index (χ3v) is 5.18. The maximum atomic E-state index is 12.2. The van der Waals surface area contributed by atoms with Crippen LogP contribution in [0.15, 0.2) is 41.3 Å². The van der Waals surface area contributed by atoms with E-state index in [-0.39, 0.29) is 11.8 Å². The molecule has 0 saturated heterocycles. The molecule has 0 aliphatic heterocycles. The summed E-state index contributed by atoms with van der Waals surface area (Å²) in [6.45, 7) is 0.607. The summed E-state index contributed by atoms with van der Waals surface area (Å²) < 4.78 is 5.08. The third-order valence-electron chi connectivity index (χ3n) is 4.43. The molecule has 2 N–H and O–H groups in total. The van der Waals surface area contributed by atoms with E-state index in [1.165, 1.54) is 29.8 Å². The van der Waals surface area contributed by atoms with Crippen LogP contribution in [0.3, 0.4) is 0 Å². The number of anilines is 1. The van der Waals surface area contributed by atoms with Gasteiger partial charge in [-0.1, -0.05) is 11.6 Å². The molecule has 1 aliphatic carbocycles. The Morgan fingerprint density at radius 1 is 1.19 bits per heavy atom. The number of thiazole rings is 1. The van der Waals surface area contributed by atoms with Gasteiger partial charge in [0, 0.05) is 17.5 Å². The minimum Gasteiger partial charge on any atom is -0.497 e. The first-order chi connectivity index (χ1) is 13.2. The summed E-state index contributed by atoms with van der Waals surface area (Å²) in [4.78, 5) is 28.7. The highest BCUT2D eigenvalue weighted by atomic mass is 32.1. The Morgan fingerprint density at radius 2 is 2.00 bits per heavy atom. The number of methoxy groups -OCH3 is 1. The molecule has 142 valence electrons. The molecule has 27 heavy (non-hydrogen) atoms. The predicted molar refractivity (Wildman–Crippen MR) is 107 cm³/mol. The maximum Gasteiger partial charge on any atom is 0.270 e. The number of amides is 2. The average Bonchev–Trinajstić information content (AvgIpc) is 3.17. The lowest BCUT2D eigenvalue weighted by Crippen LogP contribution is -2.25. The molecule has 6 nitrogen and oxygen atoms in total. The number of nitrogens with zero attached hydrogens (tertiary/aromatic N) is 1. The predicted octanol–water partition coefficient (Wildman–Crippen LogP) is 4.02. The van der Waals surface area contributed by atoms with Crippen molar-refractivity contribution in [1.82, 2.24) is 10.3 Å². The molecule has 7 heteroatoms. The van der Waals surface area contributed by atoms with Crippen molar-refractivity contribution in [3.05, 3.63) is 52.6 Å². The molecule has 2 amide bonds. The fourth-order valence-corrected chi connectivity index (χ4v) is 3.59. The fourth-order valence-electron chi connectivity index (χ4n) is 2.91. The third kappa shape index (κ3) is 5.40. The lowest BCUT2D eigenvalue weighted by Gasteiger charge is -2.12. The molecule has 0 saturated carbocycles. The van der Waals surface area contributed by atoms with E-state index in [9.17, 15) is 9.59 Å². The van der Waals surface area contributed by atoms with Gasteiger partial charge in [-0.25, -0.2) is 4.98 Å². The lowest BCUT2D eigenvalue weighted by molar-refractivity contribution is 0.0948. The van der Waals surface area contributed by atoms with Crippen molar-refractivity contribution in [2.24, 2.45) is 0 Å². The van der Waals surface area contributed by atoms with Gasteiger partial charge < -0.3 is 10.1 Å². The molecule has 0 fully saturated rings. The summed E-state index contributed by atoms with van der Waals surface area (Å²) in [5, 5.41) is 7.66. The van der Waals surface area contributed by atoms with Gasteiger partial charge in [0.25, 0.3) is 11.8 Å². The van der Waals surface area contributed by atoms with Crippen LogP contribution in [0.25, 0.3) is 0 Å². The summed E-state index contributed by atoms with van der Waals surface area (Å²) in [6.07, 6.45) is 7.95. The molecule has 0 spiro atoms. The summed E-state index contributed by atoms with van der Waals surface area (Å²) in [6, 6.07) is 6.79. The van der Waals surface area contributed by atoms with Crippen molar-refractivity contribution in [3.63, 3.8) is 0 Å². The van der Waals surface area contributed by atoms with Crippen LogP contribution in [0.5, 0.6) is 5.75 Å². The zero-order chi connectivity index (χ0) is 19.1. The molecule has 0 atom stereocenters. The van der Waals surface area contributed by atoms with Crippen LogP contribution in [-0.4, -0.2) is 30.5 Å². The number of carbonyl (C=O) groups excluding carboxylic acids is 2. The maximum absolute atomic E-state index is 12.2. The van der Waals surface area contributed by atoms with Gasteiger partial charge in [0.2, 0.25) is 0 Å². The van der Waals surface area contributed by atoms with Crippen LogP contribution in [-0.2, 0) is 0 Å². The van der Waals surface area contributed by atoms with E-state index >= 15 is 0 Å². The Labute approximate surface area is 162 Å². The van der Waals surface area contributed by atoms with Crippen LogP contribution in [0.2, 0.25) is 0 Å². The van der Waals surface area contributed by atoms with Crippen molar-refractivity contribution in [3.8, 4) is 5.75 Å². The van der Waals surface area contributed by atoms with E-state index in [1.807, 2.05) is 0 Å². The van der Waals surface area contributed by atoms with Gasteiger partial charge in [0.15, 0.2) is 5.13 Å². The van der Waals surface area contributed by atoms with Gasteiger partial charge in [-0.3, -0.25) is 14.9 Å². The van der Waals surface area contributed by atoms with Crippen molar-refractivity contribution in [2.45, 2.75) is 32.1 Å². The average molecular weight is 385 g/mol. The van der Waals surface area contributed by atoms with Crippen molar-refractivity contribution >= 4 is 28.3 Å². The summed E-state index contributed by atoms with van der Waals surface area (Å²) >= 11 is 1.23. The number of rotatable bonds is 7. The lowest BCUT2D eigenvalue weighted by atomic mass is 9.97. The quantitative estimate of drug-likeness (QED) is 0.706. The van der Waals surface area contributed by atoms with E-state index in [4.69, 9.17) is 4.74 Å². The Hall–Kier alpha value is -2.67. The van der Waals surface area contributed by atoms with Crippen LogP contribution in [0.1, 0.15) is 53.0 Å². The number of ether oxygens (including phenoxy) is 1. The number of benzene rings is 1. The number of aromatic nitrogens is 1. The number of hydrogen-bond acceptors (Lipinski definition) is 5. The normalized spacial score (nSPS) is 13.6. The van der Waals surface area contributed by atoms with E-state index in [0.717, 1.165) is 19.3 Å². The monoisotopic (exact) mass is 385 g/mol. The first-order valence-corrected chi connectivity index (χ1v) is 9.90. The van der Waals surface area contributed by atoms with Crippen LogP contribution >= 0.6 is 11.3 Å². The van der Waals surface area contributed by atoms with Crippen molar-refractivity contribution < 1.29 is 14.3 Å². The van der Waals surface area contributed by atoms with Gasteiger partial charge in [-0.15, -0.1) is 11.3 Å². The molecule has 1 aromatic carbocycles. The summed E-state index contributed by atoms with van der Waals surface area (Å²) in [7, 11) is 1.57. The molecular formula is C20H23N3O3S. The first kappa shape index (κ1) is 19.1. The molecule has 1 aromatic heterocycles. The highest BCUT2D eigenvalue weighted by Gasteiger charge is 2.13. The van der Waals surface area contributed by atoms with Gasteiger partial charge in [-0.2, -0.15) is 0 Å². The van der Waals surface area contributed by atoms with E-state index < -0.39 is 0 Å². The zero-order valence-corrected chi connectivity index (χ0v) is 16.1. The molecule has 3 rings (SSSR count). The van der Waals surface area contributed by atoms with Crippen LogP contribution < -0.4 is 15.4 Å². The topological polar surface area (TPSA) is 80.3 Å². The van der Waals surface area contributed by atoms with Gasteiger partial charge >= 0.3 is 0 Å². The number of allylic oxidation sites excluding steroid dienone is 1. The first-order valence-electron chi connectivity index (χ1n) is 9.03. The minimum absolute atomic E-state index is 0.215. The molecule has 0 radical (unpaired) electrons. The van der Waals surface area contributed by atoms with Crippen LogP contribution in [0.4, 0.5) is 5.13 Å². The Bertz CT molecular complexity index is 827. The molecule has 1 aliphatic rings. The van der Waals surface area contributed by atoms with Crippen LogP contribution in [0, 0.1) is 0 Å². The fraction of sp³-hybridized carbons (Fsp3) is 0.350.